The molecule has 0 saturated heterocycles. The van der Waals surface area contributed by atoms with Crippen LogP contribution in [0, 0.1) is 6.92 Å². The number of nitrogens with one attached hydrogen (secondary N) is 2. The van der Waals surface area contributed by atoms with Gasteiger partial charge in [-0.2, -0.15) is 0 Å². The molecule has 7 heteroatoms. The number of hydrogen-bond donors (Lipinski definition) is 2. The number of carbonyl (C=O) groups is 1. The molecule has 1 amide bonds. The Bertz CT molecular complexity index is 909. The Morgan fingerprint density at radius 3 is 2.38 bits per heavy atom. The second-order valence-electron chi connectivity index (χ2n) is 5.62. The minimum absolute atomic E-state index is 0.169. The van der Waals surface area contributed by atoms with Crippen LogP contribution in [-0.2, 0) is 6.54 Å². The summed E-state index contributed by atoms with van der Waals surface area (Å²) >= 11 is 12.1. The van der Waals surface area contributed by atoms with Crippen molar-refractivity contribution >= 4 is 40.6 Å². The molecule has 3 aromatic rings. The zero-order valence-corrected chi connectivity index (χ0v) is 15.5. The Morgan fingerprint density at radius 1 is 1.00 bits per heavy atom. The highest BCUT2D eigenvalue weighted by Gasteiger charge is 2.13. The molecule has 1 aromatic heterocycles. The Hall–Kier alpha value is -2.63. The highest BCUT2D eigenvalue weighted by Crippen LogP contribution is 2.30. The van der Waals surface area contributed by atoms with Crippen molar-refractivity contribution in [3.05, 3.63) is 81.7 Å². The van der Waals surface area contributed by atoms with Crippen molar-refractivity contribution in [3.63, 3.8) is 0 Å². The van der Waals surface area contributed by atoms with Gasteiger partial charge in [0.15, 0.2) is 0 Å². The van der Waals surface area contributed by atoms with Gasteiger partial charge in [0.2, 0.25) is 0 Å². The first-order chi connectivity index (χ1) is 12.5. The third-order valence-electron chi connectivity index (χ3n) is 3.81. The van der Waals surface area contributed by atoms with E-state index in [1.54, 1.807) is 18.2 Å². The number of hydrogen-bond acceptors (Lipinski definition) is 4. The van der Waals surface area contributed by atoms with E-state index in [1.807, 2.05) is 18.2 Å². The van der Waals surface area contributed by atoms with E-state index < -0.39 is 5.91 Å². The number of amides is 1. The van der Waals surface area contributed by atoms with Crippen LogP contribution in [-0.4, -0.2) is 15.9 Å². The van der Waals surface area contributed by atoms with Gasteiger partial charge in [-0.3, -0.25) is 4.79 Å². The molecule has 2 N–H and O–H groups in total. The molecule has 0 spiro atoms. The van der Waals surface area contributed by atoms with E-state index in [0.29, 0.717) is 28.1 Å². The Labute approximate surface area is 161 Å². The van der Waals surface area contributed by atoms with Crippen LogP contribution in [0.25, 0.3) is 0 Å². The van der Waals surface area contributed by atoms with Crippen molar-refractivity contribution in [2.24, 2.45) is 0 Å². The van der Waals surface area contributed by atoms with Crippen LogP contribution in [0.3, 0.4) is 0 Å². The second kappa shape index (κ2) is 8.17. The number of aromatic nitrogens is 2. The van der Waals surface area contributed by atoms with E-state index in [1.165, 1.54) is 23.5 Å². The maximum absolute atomic E-state index is 12.3. The molecule has 0 aliphatic heterocycles. The van der Waals surface area contributed by atoms with Crippen molar-refractivity contribution < 1.29 is 4.79 Å². The molecule has 0 bridgehead atoms. The largest absolute Gasteiger partial charge is 0.365 e. The van der Waals surface area contributed by atoms with Gasteiger partial charge in [0.1, 0.15) is 11.5 Å². The number of rotatable bonds is 5. The Morgan fingerprint density at radius 2 is 1.73 bits per heavy atom. The first-order valence-corrected chi connectivity index (χ1v) is 8.66. The summed E-state index contributed by atoms with van der Waals surface area (Å²) in [6.07, 6.45) is 2.92. The van der Waals surface area contributed by atoms with E-state index in [-0.39, 0.29) is 5.69 Å². The van der Waals surface area contributed by atoms with E-state index in [9.17, 15) is 4.79 Å². The van der Waals surface area contributed by atoms with Gasteiger partial charge in [-0.1, -0.05) is 53.5 Å². The predicted octanol–water partition coefficient (Wildman–Crippen LogP) is 4.96. The average molecular weight is 387 g/mol. The monoisotopic (exact) mass is 386 g/mol. The summed E-state index contributed by atoms with van der Waals surface area (Å²) in [4.78, 5) is 20.7. The van der Waals surface area contributed by atoms with E-state index in [0.717, 1.165) is 0 Å². The number of halogens is 2. The quantitative estimate of drug-likeness (QED) is 0.650. The summed E-state index contributed by atoms with van der Waals surface area (Å²) in [5.74, 6) is 0.151. The van der Waals surface area contributed by atoms with Gasteiger partial charge >= 0.3 is 0 Å². The first-order valence-electron chi connectivity index (χ1n) is 7.90. The molecule has 0 radical (unpaired) electrons. The second-order valence-corrected chi connectivity index (χ2v) is 6.43. The lowest BCUT2D eigenvalue weighted by molar-refractivity contribution is 0.102. The van der Waals surface area contributed by atoms with Gasteiger partial charge in [-0.05, 0) is 30.2 Å². The van der Waals surface area contributed by atoms with Crippen molar-refractivity contribution in [3.8, 4) is 0 Å². The minimum Gasteiger partial charge on any atom is -0.365 e. The van der Waals surface area contributed by atoms with Crippen LogP contribution in [0.5, 0.6) is 0 Å². The van der Waals surface area contributed by atoms with Crippen LogP contribution in [0.4, 0.5) is 11.5 Å². The summed E-state index contributed by atoms with van der Waals surface area (Å²) in [6, 6.07) is 13.1. The lowest BCUT2D eigenvalue weighted by atomic mass is 10.1. The zero-order valence-electron chi connectivity index (χ0n) is 14.0. The summed E-state index contributed by atoms with van der Waals surface area (Å²) in [5.41, 5.74) is 2.89. The third-order valence-corrected chi connectivity index (χ3v) is 4.44. The Balaban J connectivity index is 1.65. The van der Waals surface area contributed by atoms with Gasteiger partial charge in [0, 0.05) is 6.54 Å². The number of nitrogens with zero attached hydrogens (tertiary/aromatic N) is 2. The summed E-state index contributed by atoms with van der Waals surface area (Å²) in [6.45, 7) is 2.68. The standard InChI is InChI=1S/C19H16Cl2N4O/c1-12-5-2-3-6-13(12)9-23-17-11-22-16(10-24-17)19(26)25-18-14(20)7-4-8-15(18)21/h2-8,10-11H,9H2,1H3,(H,23,24)(H,25,26). The molecule has 0 saturated carbocycles. The lowest BCUT2D eigenvalue weighted by Crippen LogP contribution is -2.15. The molecule has 0 unspecified atom stereocenters. The number of aryl methyl sites for hydroxylation is 1. The number of benzene rings is 2. The molecule has 0 fully saturated rings. The molecular formula is C19H16Cl2N4O. The zero-order chi connectivity index (χ0) is 18.5. The maximum atomic E-state index is 12.3. The molecule has 0 atom stereocenters. The van der Waals surface area contributed by atoms with Gasteiger partial charge in [0.05, 0.1) is 28.1 Å². The molecule has 26 heavy (non-hydrogen) atoms. The van der Waals surface area contributed by atoms with Crippen molar-refractivity contribution in [1.29, 1.82) is 0 Å². The molecular weight excluding hydrogens is 371 g/mol. The van der Waals surface area contributed by atoms with E-state index in [2.05, 4.69) is 33.6 Å². The molecule has 0 aliphatic carbocycles. The number of para-hydroxylation sites is 1. The predicted molar refractivity (Wildman–Crippen MR) is 105 cm³/mol. The molecule has 3 rings (SSSR count). The highest BCUT2D eigenvalue weighted by atomic mass is 35.5. The number of carbonyl (C=O) groups excluding carboxylic acids is 1. The van der Waals surface area contributed by atoms with Crippen LogP contribution in [0.15, 0.2) is 54.9 Å². The molecule has 2 aromatic carbocycles. The fraction of sp³-hybridized carbons (Fsp3) is 0.105. The van der Waals surface area contributed by atoms with Crippen LogP contribution in [0.1, 0.15) is 21.6 Å². The van der Waals surface area contributed by atoms with Gasteiger partial charge in [-0.25, -0.2) is 9.97 Å². The minimum atomic E-state index is -0.432. The normalized spacial score (nSPS) is 10.4. The smallest absolute Gasteiger partial charge is 0.275 e. The van der Waals surface area contributed by atoms with Crippen molar-refractivity contribution in [2.75, 3.05) is 10.6 Å². The summed E-state index contributed by atoms with van der Waals surface area (Å²) < 4.78 is 0. The van der Waals surface area contributed by atoms with Crippen LogP contribution in [0.2, 0.25) is 10.0 Å². The summed E-state index contributed by atoms with van der Waals surface area (Å²) in [5, 5.41) is 6.56. The number of anilines is 2. The van der Waals surface area contributed by atoms with Crippen molar-refractivity contribution in [2.45, 2.75) is 13.5 Å². The topological polar surface area (TPSA) is 66.9 Å². The molecule has 1 heterocycles. The SMILES string of the molecule is Cc1ccccc1CNc1cnc(C(=O)Nc2c(Cl)cccc2Cl)cn1. The van der Waals surface area contributed by atoms with Gasteiger partial charge in [-0.15, -0.1) is 0 Å². The highest BCUT2D eigenvalue weighted by molar-refractivity contribution is 6.39. The molecule has 5 nitrogen and oxygen atoms in total. The maximum Gasteiger partial charge on any atom is 0.275 e. The fourth-order valence-corrected chi connectivity index (χ4v) is 2.82. The van der Waals surface area contributed by atoms with Gasteiger partial charge < -0.3 is 10.6 Å². The Kier molecular flexibility index (Phi) is 5.71. The van der Waals surface area contributed by atoms with E-state index in [4.69, 9.17) is 23.2 Å². The fourth-order valence-electron chi connectivity index (χ4n) is 2.33. The summed E-state index contributed by atoms with van der Waals surface area (Å²) in [7, 11) is 0. The molecule has 132 valence electrons. The van der Waals surface area contributed by atoms with E-state index >= 15 is 0 Å². The third kappa shape index (κ3) is 4.31. The first kappa shape index (κ1) is 18.2. The average Bonchev–Trinajstić information content (AvgIpc) is 2.64. The lowest BCUT2D eigenvalue weighted by Gasteiger charge is -2.10. The molecule has 0 aliphatic rings. The van der Waals surface area contributed by atoms with Crippen LogP contribution >= 0.6 is 23.2 Å². The van der Waals surface area contributed by atoms with Gasteiger partial charge in [0.25, 0.3) is 5.91 Å². The van der Waals surface area contributed by atoms with Crippen molar-refractivity contribution in [1.82, 2.24) is 9.97 Å². The van der Waals surface area contributed by atoms with Crippen LogP contribution < -0.4 is 10.6 Å².